The fourth-order valence-corrected chi connectivity index (χ4v) is 2.21. The van der Waals surface area contributed by atoms with Crippen molar-refractivity contribution in [3.8, 4) is 0 Å². The second-order valence-electron chi connectivity index (χ2n) is 6.50. The highest BCUT2D eigenvalue weighted by Gasteiger charge is 2.16. The zero-order valence-corrected chi connectivity index (χ0v) is 13.4. The first-order valence-corrected chi connectivity index (χ1v) is 7.19. The zero-order valence-electron chi connectivity index (χ0n) is 13.4. The fraction of sp³-hybridized carbons (Fsp3) is 0.389. The van der Waals surface area contributed by atoms with Crippen molar-refractivity contribution < 1.29 is 9.21 Å². The third-order valence-corrected chi connectivity index (χ3v) is 3.53. The van der Waals surface area contributed by atoms with Crippen LogP contribution in [0, 0.1) is 6.92 Å². The first-order valence-electron chi connectivity index (χ1n) is 7.19. The molecule has 3 heteroatoms. The van der Waals surface area contributed by atoms with Crippen LogP contribution in [-0.2, 0) is 12.0 Å². The predicted molar refractivity (Wildman–Crippen MR) is 84.4 cm³/mol. The van der Waals surface area contributed by atoms with Crippen molar-refractivity contribution in [1.82, 2.24) is 4.90 Å². The number of amides is 1. The topological polar surface area (TPSA) is 33.5 Å². The molecule has 0 bridgehead atoms. The first-order chi connectivity index (χ1) is 9.77. The summed E-state index contributed by atoms with van der Waals surface area (Å²) in [6, 6.07) is 11.7. The van der Waals surface area contributed by atoms with Crippen molar-refractivity contribution in [1.29, 1.82) is 0 Å². The van der Waals surface area contributed by atoms with Gasteiger partial charge in [0.15, 0.2) is 0 Å². The van der Waals surface area contributed by atoms with E-state index in [4.69, 9.17) is 4.42 Å². The van der Waals surface area contributed by atoms with E-state index in [9.17, 15) is 4.79 Å². The molecule has 0 saturated heterocycles. The number of hydrogen-bond acceptors (Lipinski definition) is 2. The number of furan rings is 1. The van der Waals surface area contributed by atoms with Gasteiger partial charge in [-0.3, -0.25) is 4.79 Å². The molecule has 1 aromatic carbocycles. The van der Waals surface area contributed by atoms with Crippen molar-refractivity contribution in [2.24, 2.45) is 0 Å². The van der Waals surface area contributed by atoms with E-state index in [1.807, 2.05) is 43.3 Å². The normalized spacial score (nSPS) is 11.5. The smallest absolute Gasteiger partial charge is 0.254 e. The number of carbonyl (C=O) groups excluding carboxylic acids is 1. The van der Waals surface area contributed by atoms with Crippen molar-refractivity contribution in [3.63, 3.8) is 0 Å². The Bertz CT molecular complexity index is 617. The second-order valence-corrected chi connectivity index (χ2v) is 6.50. The molecule has 112 valence electrons. The van der Waals surface area contributed by atoms with Gasteiger partial charge in [0, 0.05) is 12.6 Å². The summed E-state index contributed by atoms with van der Waals surface area (Å²) in [6.07, 6.45) is 0. The van der Waals surface area contributed by atoms with Crippen molar-refractivity contribution in [2.75, 3.05) is 7.05 Å². The summed E-state index contributed by atoms with van der Waals surface area (Å²) in [4.78, 5) is 14.1. The lowest BCUT2D eigenvalue weighted by atomic mass is 9.86. The van der Waals surface area contributed by atoms with Crippen LogP contribution in [0.1, 0.15) is 48.2 Å². The number of hydrogen-bond donors (Lipinski definition) is 0. The Kier molecular flexibility index (Phi) is 4.21. The van der Waals surface area contributed by atoms with Gasteiger partial charge in [0.25, 0.3) is 5.91 Å². The van der Waals surface area contributed by atoms with Crippen LogP contribution in [0.3, 0.4) is 0 Å². The third-order valence-electron chi connectivity index (χ3n) is 3.53. The highest BCUT2D eigenvalue weighted by Crippen LogP contribution is 2.22. The maximum absolute atomic E-state index is 12.4. The Labute approximate surface area is 126 Å². The SMILES string of the molecule is Cc1ccc(CN(C)C(=O)c2ccc(C(C)(C)C)cc2)o1. The molecule has 0 fully saturated rings. The summed E-state index contributed by atoms with van der Waals surface area (Å²) >= 11 is 0. The van der Waals surface area contributed by atoms with Crippen LogP contribution in [0.25, 0.3) is 0 Å². The molecule has 0 atom stereocenters. The Balaban J connectivity index is 2.08. The third kappa shape index (κ3) is 3.75. The van der Waals surface area contributed by atoms with E-state index in [1.54, 1.807) is 11.9 Å². The molecule has 1 aromatic heterocycles. The summed E-state index contributed by atoms with van der Waals surface area (Å²) in [5.74, 6) is 1.67. The van der Waals surface area contributed by atoms with Gasteiger partial charge >= 0.3 is 0 Å². The zero-order chi connectivity index (χ0) is 15.6. The van der Waals surface area contributed by atoms with Gasteiger partial charge in [-0.25, -0.2) is 0 Å². The molecule has 1 heterocycles. The molecule has 0 N–H and O–H groups in total. The van der Waals surface area contributed by atoms with Gasteiger partial charge < -0.3 is 9.32 Å². The molecule has 2 rings (SSSR count). The number of carbonyl (C=O) groups is 1. The lowest BCUT2D eigenvalue weighted by molar-refractivity contribution is 0.0775. The molecule has 1 amide bonds. The largest absolute Gasteiger partial charge is 0.464 e. The van der Waals surface area contributed by atoms with E-state index in [0.717, 1.165) is 11.5 Å². The summed E-state index contributed by atoms with van der Waals surface area (Å²) < 4.78 is 5.51. The molecule has 21 heavy (non-hydrogen) atoms. The molecule has 0 saturated carbocycles. The fourth-order valence-electron chi connectivity index (χ4n) is 2.21. The monoisotopic (exact) mass is 285 g/mol. The van der Waals surface area contributed by atoms with Crippen molar-refractivity contribution in [3.05, 3.63) is 59.0 Å². The quantitative estimate of drug-likeness (QED) is 0.848. The molecule has 0 radical (unpaired) electrons. The van der Waals surface area contributed by atoms with Gasteiger partial charge in [-0.05, 0) is 42.2 Å². The second kappa shape index (κ2) is 5.76. The van der Waals surface area contributed by atoms with Crippen LogP contribution < -0.4 is 0 Å². The van der Waals surface area contributed by atoms with Gasteiger partial charge in [-0.15, -0.1) is 0 Å². The molecular formula is C18H23NO2. The lowest BCUT2D eigenvalue weighted by Gasteiger charge is -2.20. The highest BCUT2D eigenvalue weighted by molar-refractivity contribution is 5.94. The molecule has 0 aliphatic heterocycles. The van der Waals surface area contributed by atoms with Gasteiger partial charge in [0.05, 0.1) is 6.54 Å². The first kappa shape index (κ1) is 15.4. The summed E-state index contributed by atoms with van der Waals surface area (Å²) in [5, 5.41) is 0. The van der Waals surface area contributed by atoms with E-state index in [-0.39, 0.29) is 11.3 Å². The molecule has 0 unspecified atom stereocenters. The lowest BCUT2D eigenvalue weighted by Crippen LogP contribution is -2.26. The van der Waals surface area contributed by atoms with Gasteiger partial charge in [-0.1, -0.05) is 32.9 Å². The van der Waals surface area contributed by atoms with Crippen molar-refractivity contribution in [2.45, 2.75) is 39.7 Å². The number of aryl methyl sites for hydroxylation is 1. The predicted octanol–water partition coefficient (Wildman–Crippen LogP) is 4.16. The van der Waals surface area contributed by atoms with E-state index in [1.165, 1.54) is 5.56 Å². The molecule has 3 nitrogen and oxygen atoms in total. The number of nitrogens with zero attached hydrogens (tertiary/aromatic N) is 1. The van der Waals surface area contributed by atoms with Crippen LogP contribution in [0.5, 0.6) is 0 Å². The Morgan fingerprint density at radius 1 is 1.10 bits per heavy atom. The Hall–Kier alpha value is -2.03. The van der Waals surface area contributed by atoms with E-state index in [0.29, 0.717) is 12.1 Å². The Morgan fingerprint density at radius 3 is 2.19 bits per heavy atom. The molecule has 2 aromatic rings. The van der Waals surface area contributed by atoms with Crippen LogP contribution in [0.15, 0.2) is 40.8 Å². The van der Waals surface area contributed by atoms with Gasteiger partial charge in [0.1, 0.15) is 11.5 Å². The molecule has 0 aliphatic rings. The van der Waals surface area contributed by atoms with Crippen molar-refractivity contribution >= 4 is 5.91 Å². The maximum atomic E-state index is 12.4. The Morgan fingerprint density at radius 2 is 1.71 bits per heavy atom. The summed E-state index contributed by atoms with van der Waals surface area (Å²) in [5.41, 5.74) is 2.02. The van der Waals surface area contributed by atoms with Crippen LogP contribution in [0.2, 0.25) is 0 Å². The average molecular weight is 285 g/mol. The van der Waals surface area contributed by atoms with Crippen LogP contribution in [0.4, 0.5) is 0 Å². The standard InChI is InChI=1S/C18H23NO2/c1-13-6-11-16(21-13)12-19(5)17(20)14-7-9-15(10-8-14)18(2,3)4/h6-11H,12H2,1-5H3. The molecule has 0 spiro atoms. The minimum absolute atomic E-state index is 0.00418. The number of rotatable bonds is 3. The maximum Gasteiger partial charge on any atom is 0.254 e. The minimum atomic E-state index is 0.00418. The van der Waals surface area contributed by atoms with Gasteiger partial charge in [-0.2, -0.15) is 0 Å². The van der Waals surface area contributed by atoms with E-state index in [2.05, 4.69) is 20.8 Å². The molecule has 0 aliphatic carbocycles. The highest BCUT2D eigenvalue weighted by atomic mass is 16.3. The summed E-state index contributed by atoms with van der Waals surface area (Å²) in [6.45, 7) is 8.86. The number of benzene rings is 1. The van der Waals surface area contributed by atoms with E-state index < -0.39 is 0 Å². The molecular weight excluding hydrogens is 262 g/mol. The summed E-state index contributed by atoms with van der Waals surface area (Å²) in [7, 11) is 1.79. The van der Waals surface area contributed by atoms with Gasteiger partial charge in [0.2, 0.25) is 0 Å². The minimum Gasteiger partial charge on any atom is -0.464 e. The van der Waals surface area contributed by atoms with E-state index >= 15 is 0 Å². The van der Waals surface area contributed by atoms with Crippen LogP contribution >= 0.6 is 0 Å². The van der Waals surface area contributed by atoms with Crippen LogP contribution in [-0.4, -0.2) is 17.9 Å². The average Bonchev–Trinajstić information content (AvgIpc) is 2.82.